The molecule has 2 N–H and O–H groups in total. The highest BCUT2D eigenvalue weighted by molar-refractivity contribution is 7.88. The Bertz CT molecular complexity index is 886. The molecule has 0 aliphatic heterocycles. The van der Waals surface area contributed by atoms with Crippen molar-refractivity contribution in [3.63, 3.8) is 0 Å². The van der Waals surface area contributed by atoms with Crippen molar-refractivity contribution < 1.29 is 22.7 Å². The van der Waals surface area contributed by atoms with Gasteiger partial charge in [-0.1, -0.05) is 29.8 Å². The summed E-state index contributed by atoms with van der Waals surface area (Å²) >= 11 is 5.96. The van der Waals surface area contributed by atoms with Crippen molar-refractivity contribution in [2.24, 2.45) is 0 Å². The van der Waals surface area contributed by atoms with E-state index in [1.807, 2.05) is 0 Å². The van der Waals surface area contributed by atoms with E-state index in [-0.39, 0.29) is 5.75 Å². The monoisotopic (exact) mass is 398 g/mol. The molecule has 0 unspecified atom stereocenters. The number of methoxy groups -OCH3 is 2. The predicted molar refractivity (Wildman–Crippen MR) is 100 cm³/mol. The molecular weight excluding hydrogens is 380 g/mol. The molecule has 0 saturated heterocycles. The number of nitrogens with one attached hydrogen (secondary N) is 2. The maximum Gasteiger partial charge on any atom is 0.239 e. The third kappa shape index (κ3) is 5.62. The summed E-state index contributed by atoms with van der Waals surface area (Å²) in [5.41, 5.74) is 0.917. The number of carbonyl (C=O) groups is 1. The van der Waals surface area contributed by atoms with Crippen LogP contribution in [0.15, 0.2) is 42.5 Å². The quantitative estimate of drug-likeness (QED) is 0.712. The molecule has 0 fully saturated rings. The maximum absolute atomic E-state index is 12.1. The van der Waals surface area contributed by atoms with Crippen LogP contribution >= 0.6 is 11.6 Å². The van der Waals surface area contributed by atoms with Gasteiger partial charge >= 0.3 is 0 Å². The second kappa shape index (κ2) is 8.88. The lowest BCUT2D eigenvalue weighted by molar-refractivity contribution is -0.115. The van der Waals surface area contributed by atoms with Crippen molar-refractivity contribution in [2.45, 2.75) is 5.75 Å². The lowest BCUT2D eigenvalue weighted by atomic mass is 10.2. The van der Waals surface area contributed by atoms with Crippen LogP contribution in [0.1, 0.15) is 5.56 Å². The van der Waals surface area contributed by atoms with Crippen molar-refractivity contribution in [3.05, 3.63) is 53.1 Å². The van der Waals surface area contributed by atoms with Gasteiger partial charge in [0.05, 0.1) is 26.5 Å². The molecule has 0 atom stereocenters. The third-order valence-electron chi connectivity index (χ3n) is 3.42. The van der Waals surface area contributed by atoms with Crippen molar-refractivity contribution in [1.82, 2.24) is 4.72 Å². The van der Waals surface area contributed by atoms with Gasteiger partial charge in [-0.2, -0.15) is 0 Å². The van der Waals surface area contributed by atoms with Crippen LogP contribution in [0.4, 0.5) is 5.69 Å². The van der Waals surface area contributed by atoms with E-state index in [0.29, 0.717) is 27.8 Å². The second-order valence-electron chi connectivity index (χ2n) is 5.29. The molecule has 0 aliphatic rings. The normalized spacial score (nSPS) is 11.0. The average molecular weight is 399 g/mol. The van der Waals surface area contributed by atoms with Gasteiger partial charge in [0, 0.05) is 16.8 Å². The summed E-state index contributed by atoms with van der Waals surface area (Å²) in [4.78, 5) is 12.0. The molecule has 0 radical (unpaired) electrons. The van der Waals surface area contributed by atoms with Crippen LogP contribution in [0, 0.1) is 0 Å². The fourth-order valence-corrected chi connectivity index (χ4v) is 3.56. The number of ether oxygens (including phenoxy) is 2. The Labute approximate surface area is 157 Å². The molecule has 0 heterocycles. The Hall–Kier alpha value is -2.29. The third-order valence-corrected chi connectivity index (χ3v) is 5.07. The summed E-state index contributed by atoms with van der Waals surface area (Å²) < 4.78 is 36.7. The largest absolute Gasteiger partial charge is 0.493 e. The first-order chi connectivity index (χ1) is 12.3. The minimum Gasteiger partial charge on any atom is -0.493 e. The molecule has 2 aromatic rings. The fraction of sp³-hybridized carbons (Fsp3) is 0.235. The van der Waals surface area contributed by atoms with E-state index >= 15 is 0 Å². The van der Waals surface area contributed by atoms with Gasteiger partial charge in [-0.25, -0.2) is 13.1 Å². The maximum atomic E-state index is 12.1. The van der Waals surface area contributed by atoms with E-state index in [9.17, 15) is 13.2 Å². The molecule has 0 saturated carbocycles. The van der Waals surface area contributed by atoms with E-state index in [4.69, 9.17) is 21.1 Å². The molecule has 9 heteroatoms. The molecule has 0 aliphatic carbocycles. The van der Waals surface area contributed by atoms with E-state index in [1.54, 1.807) is 42.5 Å². The molecule has 140 valence electrons. The number of sulfonamides is 1. The minimum atomic E-state index is -3.71. The Morgan fingerprint density at radius 2 is 1.77 bits per heavy atom. The molecule has 0 spiro atoms. The van der Waals surface area contributed by atoms with Crippen LogP contribution < -0.4 is 19.5 Å². The Balaban J connectivity index is 1.95. The first-order valence-electron chi connectivity index (χ1n) is 7.57. The van der Waals surface area contributed by atoms with E-state index in [0.717, 1.165) is 0 Å². The highest BCUT2D eigenvalue weighted by atomic mass is 35.5. The number of hydrogen-bond acceptors (Lipinski definition) is 5. The van der Waals surface area contributed by atoms with Crippen LogP contribution in [0.2, 0.25) is 5.02 Å². The fourth-order valence-electron chi connectivity index (χ4n) is 2.17. The van der Waals surface area contributed by atoms with Crippen molar-refractivity contribution in [3.8, 4) is 11.5 Å². The Morgan fingerprint density at radius 1 is 1.08 bits per heavy atom. The summed E-state index contributed by atoms with van der Waals surface area (Å²) in [6.45, 7) is -0.402. The summed E-state index contributed by atoms with van der Waals surface area (Å²) in [5, 5.41) is 2.94. The van der Waals surface area contributed by atoms with E-state index in [2.05, 4.69) is 10.0 Å². The standard InChI is InChI=1S/C17H19ClN2O5S/c1-24-15-8-7-13(9-16(15)25-2)20-17(21)10-19-26(22,23)11-12-5-3-4-6-14(12)18/h3-9,19H,10-11H2,1-2H3,(H,20,21). The van der Waals surface area contributed by atoms with Crippen molar-refractivity contribution in [1.29, 1.82) is 0 Å². The molecule has 0 bridgehead atoms. The van der Waals surface area contributed by atoms with Gasteiger partial charge in [-0.15, -0.1) is 0 Å². The summed E-state index contributed by atoms with van der Waals surface area (Å²) in [5.74, 6) is 0.145. The van der Waals surface area contributed by atoms with Crippen LogP contribution in [0.5, 0.6) is 11.5 Å². The first-order valence-corrected chi connectivity index (χ1v) is 9.60. The average Bonchev–Trinajstić information content (AvgIpc) is 2.62. The van der Waals surface area contributed by atoms with Crippen LogP contribution in [0.3, 0.4) is 0 Å². The summed E-state index contributed by atoms with van der Waals surface area (Å²) in [6, 6.07) is 11.5. The lowest BCUT2D eigenvalue weighted by Crippen LogP contribution is -2.33. The highest BCUT2D eigenvalue weighted by Gasteiger charge is 2.15. The number of rotatable bonds is 8. The highest BCUT2D eigenvalue weighted by Crippen LogP contribution is 2.29. The van der Waals surface area contributed by atoms with E-state index < -0.39 is 22.5 Å². The molecular formula is C17H19ClN2O5S. The number of anilines is 1. The van der Waals surface area contributed by atoms with E-state index in [1.165, 1.54) is 14.2 Å². The van der Waals surface area contributed by atoms with Gasteiger partial charge in [0.15, 0.2) is 11.5 Å². The van der Waals surface area contributed by atoms with Gasteiger partial charge in [0.1, 0.15) is 0 Å². The number of carbonyl (C=O) groups excluding carboxylic acids is 1. The topological polar surface area (TPSA) is 93.7 Å². The van der Waals surface area contributed by atoms with Crippen molar-refractivity contribution in [2.75, 3.05) is 26.1 Å². The lowest BCUT2D eigenvalue weighted by Gasteiger charge is -2.11. The summed E-state index contributed by atoms with van der Waals surface area (Å²) in [6.07, 6.45) is 0. The van der Waals surface area contributed by atoms with Gasteiger partial charge in [0.25, 0.3) is 0 Å². The second-order valence-corrected chi connectivity index (χ2v) is 7.50. The van der Waals surface area contributed by atoms with Crippen LogP contribution in [-0.4, -0.2) is 35.1 Å². The molecule has 26 heavy (non-hydrogen) atoms. The van der Waals surface area contributed by atoms with Gasteiger partial charge in [-0.05, 0) is 23.8 Å². The number of hydrogen-bond donors (Lipinski definition) is 2. The number of benzene rings is 2. The Kier molecular flexibility index (Phi) is 6.84. The predicted octanol–water partition coefficient (Wildman–Crippen LogP) is 2.42. The van der Waals surface area contributed by atoms with Gasteiger partial charge < -0.3 is 14.8 Å². The smallest absolute Gasteiger partial charge is 0.239 e. The Morgan fingerprint density at radius 3 is 2.42 bits per heavy atom. The minimum absolute atomic E-state index is 0.309. The molecule has 2 aromatic carbocycles. The zero-order valence-electron chi connectivity index (χ0n) is 14.3. The first kappa shape index (κ1) is 20.0. The van der Waals surface area contributed by atoms with Gasteiger partial charge in [-0.3, -0.25) is 4.79 Å². The van der Waals surface area contributed by atoms with Crippen LogP contribution in [-0.2, 0) is 20.6 Å². The molecule has 7 nitrogen and oxygen atoms in total. The zero-order chi connectivity index (χ0) is 19.2. The van der Waals surface area contributed by atoms with Crippen molar-refractivity contribution >= 4 is 33.2 Å². The molecule has 0 aromatic heterocycles. The molecule has 2 rings (SSSR count). The van der Waals surface area contributed by atoms with Crippen LogP contribution in [0.25, 0.3) is 0 Å². The number of halogens is 1. The zero-order valence-corrected chi connectivity index (χ0v) is 15.9. The number of amides is 1. The van der Waals surface area contributed by atoms with Gasteiger partial charge in [0.2, 0.25) is 15.9 Å². The summed E-state index contributed by atoms with van der Waals surface area (Å²) in [7, 11) is -0.726. The SMILES string of the molecule is COc1ccc(NC(=O)CNS(=O)(=O)Cc2ccccc2Cl)cc1OC. The molecule has 1 amide bonds.